The standard InChI is InChI=1S/C18H21N3O2/c22-18(15-10-13-4-1-2-6-17(13)23-12-15)21-9-3-5-14(11-21)16-7-8-19-20-16/h1-2,4,6-8,14-15H,3,5,9-12H2,(H,19,20)/t14-,15-/m0/s1. The highest BCUT2D eigenvalue weighted by atomic mass is 16.5. The number of aromatic amines is 1. The number of amides is 1. The molecule has 3 heterocycles. The van der Waals surface area contributed by atoms with Gasteiger partial charge in [0.1, 0.15) is 12.4 Å². The zero-order valence-electron chi connectivity index (χ0n) is 13.1. The van der Waals surface area contributed by atoms with Crippen molar-refractivity contribution in [2.45, 2.75) is 25.2 Å². The molecule has 0 bridgehead atoms. The lowest BCUT2D eigenvalue weighted by molar-refractivity contribution is -0.138. The van der Waals surface area contributed by atoms with Gasteiger partial charge >= 0.3 is 0 Å². The third kappa shape index (κ3) is 2.83. The van der Waals surface area contributed by atoms with Crippen LogP contribution in [-0.2, 0) is 11.2 Å². The van der Waals surface area contributed by atoms with Crippen LogP contribution in [-0.4, -0.2) is 40.7 Å². The fraction of sp³-hybridized carbons (Fsp3) is 0.444. The average molecular weight is 311 g/mol. The molecular weight excluding hydrogens is 290 g/mol. The van der Waals surface area contributed by atoms with Gasteiger partial charge in [0.2, 0.25) is 5.91 Å². The molecule has 0 spiro atoms. The Labute approximate surface area is 135 Å². The van der Waals surface area contributed by atoms with E-state index in [-0.39, 0.29) is 11.8 Å². The number of carbonyl (C=O) groups excluding carboxylic acids is 1. The van der Waals surface area contributed by atoms with Crippen LogP contribution in [0.15, 0.2) is 36.5 Å². The van der Waals surface area contributed by atoms with E-state index in [1.807, 2.05) is 29.2 Å². The van der Waals surface area contributed by atoms with Gasteiger partial charge in [0.25, 0.3) is 0 Å². The summed E-state index contributed by atoms with van der Waals surface area (Å²) in [5, 5.41) is 7.08. The summed E-state index contributed by atoms with van der Waals surface area (Å²) >= 11 is 0. The molecule has 5 nitrogen and oxygen atoms in total. The second-order valence-corrected chi connectivity index (χ2v) is 6.46. The molecule has 0 unspecified atom stereocenters. The van der Waals surface area contributed by atoms with Crippen molar-refractivity contribution in [2.24, 2.45) is 5.92 Å². The summed E-state index contributed by atoms with van der Waals surface area (Å²) < 4.78 is 5.78. The highest BCUT2D eigenvalue weighted by Gasteiger charge is 2.32. The zero-order valence-corrected chi connectivity index (χ0v) is 13.1. The van der Waals surface area contributed by atoms with E-state index in [4.69, 9.17) is 4.74 Å². The Bertz CT molecular complexity index is 683. The van der Waals surface area contributed by atoms with Crippen molar-refractivity contribution in [2.75, 3.05) is 19.7 Å². The lowest BCUT2D eigenvalue weighted by atomic mass is 9.91. The van der Waals surface area contributed by atoms with Crippen molar-refractivity contribution in [3.8, 4) is 5.75 Å². The van der Waals surface area contributed by atoms with Crippen molar-refractivity contribution >= 4 is 5.91 Å². The first-order valence-corrected chi connectivity index (χ1v) is 8.30. The highest BCUT2D eigenvalue weighted by Crippen LogP contribution is 2.30. The number of aromatic nitrogens is 2. The topological polar surface area (TPSA) is 58.2 Å². The fourth-order valence-corrected chi connectivity index (χ4v) is 3.67. The number of likely N-dealkylation sites (tertiary alicyclic amines) is 1. The minimum atomic E-state index is -0.0644. The highest BCUT2D eigenvalue weighted by molar-refractivity contribution is 5.80. The van der Waals surface area contributed by atoms with Crippen LogP contribution in [0.25, 0.3) is 0 Å². The van der Waals surface area contributed by atoms with E-state index in [0.29, 0.717) is 12.5 Å². The number of piperidine rings is 1. The maximum atomic E-state index is 12.9. The van der Waals surface area contributed by atoms with Gasteiger partial charge in [-0.15, -0.1) is 0 Å². The summed E-state index contributed by atoms with van der Waals surface area (Å²) in [5.41, 5.74) is 2.27. The lowest BCUT2D eigenvalue weighted by Gasteiger charge is -2.35. The molecule has 2 aromatic rings. The number of hydrogen-bond acceptors (Lipinski definition) is 3. The summed E-state index contributed by atoms with van der Waals surface area (Å²) in [6.07, 6.45) is 4.71. The van der Waals surface area contributed by atoms with Gasteiger partial charge in [-0.05, 0) is 37.0 Å². The molecule has 23 heavy (non-hydrogen) atoms. The number of para-hydroxylation sites is 1. The van der Waals surface area contributed by atoms with Crippen LogP contribution in [0, 0.1) is 5.92 Å². The Hall–Kier alpha value is -2.30. The summed E-state index contributed by atoms with van der Waals surface area (Å²) in [6, 6.07) is 10.0. The first kappa shape index (κ1) is 14.3. The van der Waals surface area contributed by atoms with E-state index in [1.54, 1.807) is 6.20 Å². The van der Waals surface area contributed by atoms with Crippen LogP contribution in [0.1, 0.15) is 30.0 Å². The number of hydrogen-bond donors (Lipinski definition) is 1. The quantitative estimate of drug-likeness (QED) is 0.926. The van der Waals surface area contributed by atoms with E-state index in [9.17, 15) is 4.79 Å². The molecule has 1 aromatic carbocycles. The summed E-state index contributed by atoms with van der Waals surface area (Å²) in [5.74, 6) is 1.45. The SMILES string of the molecule is O=C([C@@H]1COc2ccccc2C1)N1CCC[C@H](c2ccn[nH]2)C1. The summed E-state index contributed by atoms with van der Waals surface area (Å²) in [7, 11) is 0. The Morgan fingerprint density at radius 2 is 2.22 bits per heavy atom. The van der Waals surface area contributed by atoms with Crippen molar-refractivity contribution in [3.05, 3.63) is 47.8 Å². The molecule has 1 amide bonds. The molecule has 1 saturated heterocycles. The fourth-order valence-electron chi connectivity index (χ4n) is 3.67. The molecule has 0 radical (unpaired) electrons. The van der Waals surface area contributed by atoms with Gasteiger partial charge < -0.3 is 9.64 Å². The number of ether oxygens (including phenoxy) is 1. The Morgan fingerprint density at radius 1 is 1.30 bits per heavy atom. The van der Waals surface area contributed by atoms with Gasteiger partial charge in [-0.2, -0.15) is 5.10 Å². The minimum absolute atomic E-state index is 0.0644. The predicted molar refractivity (Wildman–Crippen MR) is 86.3 cm³/mol. The van der Waals surface area contributed by atoms with Gasteiger partial charge in [0.05, 0.1) is 5.92 Å². The second kappa shape index (κ2) is 6.07. The molecule has 120 valence electrons. The van der Waals surface area contributed by atoms with Crippen molar-refractivity contribution in [1.29, 1.82) is 0 Å². The molecule has 4 rings (SSSR count). The van der Waals surface area contributed by atoms with Gasteiger partial charge in [0, 0.05) is 30.9 Å². The monoisotopic (exact) mass is 311 g/mol. The Morgan fingerprint density at radius 3 is 3.09 bits per heavy atom. The van der Waals surface area contributed by atoms with Gasteiger partial charge in [-0.25, -0.2) is 0 Å². The molecule has 0 saturated carbocycles. The second-order valence-electron chi connectivity index (χ2n) is 6.46. The molecule has 2 aliphatic rings. The minimum Gasteiger partial charge on any atom is -0.492 e. The molecule has 5 heteroatoms. The van der Waals surface area contributed by atoms with E-state index >= 15 is 0 Å². The summed E-state index contributed by atoms with van der Waals surface area (Å²) in [4.78, 5) is 14.9. The average Bonchev–Trinajstić information content (AvgIpc) is 3.15. The van der Waals surface area contributed by atoms with E-state index in [0.717, 1.165) is 49.4 Å². The van der Waals surface area contributed by atoms with E-state index < -0.39 is 0 Å². The molecule has 2 atom stereocenters. The van der Waals surface area contributed by atoms with Crippen LogP contribution in [0.5, 0.6) is 5.75 Å². The van der Waals surface area contributed by atoms with Crippen molar-refractivity contribution in [3.63, 3.8) is 0 Å². The molecular formula is C18H21N3O2. The van der Waals surface area contributed by atoms with Gasteiger partial charge in [-0.3, -0.25) is 9.89 Å². The Balaban J connectivity index is 1.45. The summed E-state index contributed by atoms with van der Waals surface area (Å²) in [6.45, 7) is 2.11. The zero-order chi connectivity index (χ0) is 15.6. The first-order valence-electron chi connectivity index (χ1n) is 8.30. The maximum Gasteiger partial charge on any atom is 0.229 e. The number of nitrogens with one attached hydrogen (secondary N) is 1. The third-order valence-corrected chi connectivity index (χ3v) is 4.92. The predicted octanol–water partition coefficient (Wildman–Crippen LogP) is 2.37. The van der Waals surface area contributed by atoms with Crippen LogP contribution in [0.4, 0.5) is 0 Å². The number of benzene rings is 1. The van der Waals surface area contributed by atoms with Crippen molar-refractivity contribution in [1.82, 2.24) is 15.1 Å². The van der Waals surface area contributed by atoms with E-state index in [2.05, 4.69) is 16.3 Å². The normalized spacial score (nSPS) is 23.9. The number of carbonyl (C=O) groups is 1. The molecule has 1 N–H and O–H groups in total. The maximum absolute atomic E-state index is 12.9. The largest absolute Gasteiger partial charge is 0.492 e. The van der Waals surface area contributed by atoms with Crippen LogP contribution in [0.3, 0.4) is 0 Å². The number of nitrogens with zero attached hydrogens (tertiary/aromatic N) is 2. The van der Waals surface area contributed by atoms with Gasteiger partial charge in [-0.1, -0.05) is 18.2 Å². The number of rotatable bonds is 2. The molecule has 1 aromatic heterocycles. The van der Waals surface area contributed by atoms with Crippen LogP contribution >= 0.6 is 0 Å². The van der Waals surface area contributed by atoms with Gasteiger partial charge in [0.15, 0.2) is 0 Å². The van der Waals surface area contributed by atoms with Crippen molar-refractivity contribution < 1.29 is 9.53 Å². The molecule has 2 aliphatic heterocycles. The lowest BCUT2D eigenvalue weighted by Crippen LogP contribution is -2.45. The number of fused-ring (bicyclic) bond motifs is 1. The smallest absolute Gasteiger partial charge is 0.229 e. The first-order chi connectivity index (χ1) is 11.3. The van der Waals surface area contributed by atoms with Crippen LogP contribution < -0.4 is 4.74 Å². The number of H-pyrrole nitrogens is 1. The van der Waals surface area contributed by atoms with E-state index in [1.165, 1.54) is 0 Å². The molecule has 1 fully saturated rings. The third-order valence-electron chi connectivity index (χ3n) is 4.92. The molecule has 0 aliphatic carbocycles. The Kier molecular flexibility index (Phi) is 3.77. The van der Waals surface area contributed by atoms with Crippen LogP contribution in [0.2, 0.25) is 0 Å².